The van der Waals surface area contributed by atoms with Gasteiger partial charge < -0.3 is 14.6 Å². The van der Waals surface area contributed by atoms with Crippen LogP contribution in [0.15, 0.2) is 77.7 Å². The molecule has 0 fully saturated rings. The minimum atomic E-state index is -0.823. The van der Waals surface area contributed by atoms with Crippen molar-refractivity contribution in [1.29, 1.82) is 0 Å². The van der Waals surface area contributed by atoms with Gasteiger partial charge in [0.05, 0.1) is 12.5 Å². The van der Waals surface area contributed by atoms with E-state index in [0.29, 0.717) is 22.3 Å². The first-order valence-corrected chi connectivity index (χ1v) is 11.0. The van der Waals surface area contributed by atoms with Gasteiger partial charge in [-0.3, -0.25) is 4.79 Å². The number of carboxylic acid groups (broad SMARTS) is 1. The highest BCUT2D eigenvalue weighted by atomic mass is 35.5. The van der Waals surface area contributed by atoms with Crippen molar-refractivity contribution in [3.05, 3.63) is 83.4 Å². The summed E-state index contributed by atoms with van der Waals surface area (Å²) >= 11 is 7.82. The third-order valence-corrected chi connectivity index (χ3v) is 5.51. The lowest BCUT2D eigenvalue weighted by atomic mass is 10.2. The van der Waals surface area contributed by atoms with Gasteiger partial charge in [0, 0.05) is 21.7 Å². The van der Waals surface area contributed by atoms with Crippen LogP contribution in [0.25, 0.3) is 0 Å². The molecule has 4 nitrogen and oxygen atoms in total. The van der Waals surface area contributed by atoms with Gasteiger partial charge in [-0.2, -0.15) is 0 Å². The lowest BCUT2D eigenvalue weighted by Gasteiger charge is -2.18. The average molecular weight is 443 g/mol. The van der Waals surface area contributed by atoms with E-state index in [1.807, 2.05) is 67.6 Å². The average Bonchev–Trinajstić information content (AvgIpc) is 2.71. The number of carbonyl (C=O) groups is 1. The highest BCUT2D eigenvalue weighted by molar-refractivity contribution is 7.99. The molecule has 30 heavy (non-hydrogen) atoms. The van der Waals surface area contributed by atoms with Crippen molar-refractivity contribution in [1.82, 2.24) is 0 Å². The molecule has 3 rings (SSSR count). The van der Waals surface area contributed by atoms with Crippen molar-refractivity contribution in [2.45, 2.75) is 30.8 Å². The highest BCUT2D eigenvalue weighted by Gasteiger charge is 2.12. The molecule has 156 valence electrons. The summed E-state index contributed by atoms with van der Waals surface area (Å²) in [7, 11) is 0. The molecule has 0 heterocycles. The maximum atomic E-state index is 10.9. The summed E-state index contributed by atoms with van der Waals surface area (Å²) in [4.78, 5) is 11.9. The zero-order valence-corrected chi connectivity index (χ0v) is 18.2. The molecule has 0 aliphatic heterocycles. The van der Waals surface area contributed by atoms with Crippen LogP contribution in [-0.2, 0) is 11.2 Å². The maximum Gasteiger partial charge on any atom is 0.307 e. The Morgan fingerprint density at radius 1 is 1.03 bits per heavy atom. The molecule has 0 spiro atoms. The highest BCUT2D eigenvalue weighted by Crippen LogP contribution is 2.35. The molecule has 0 amide bonds. The Bertz CT molecular complexity index is 978. The molecule has 1 atom stereocenters. The molecule has 1 N–H and O–H groups in total. The van der Waals surface area contributed by atoms with E-state index in [0.717, 1.165) is 22.6 Å². The van der Waals surface area contributed by atoms with E-state index in [1.165, 1.54) is 0 Å². The Morgan fingerprint density at radius 2 is 1.83 bits per heavy atom. The van der Waals surface area contributed by atoms with Crippen molar-refractivity contribution in [2.24, 2.45) is 0 Å². The molecule has 0 bridgehead atoms. The molecule has 0 radical (unpaired) electrons. The first-order valence-electron chi connectivity index (χ1n) is 9.62. The number of aliphatic carboxylic acids is 1. The van der Waals surface area contributed by atoms with E-state index < -0.39 is 5.97 Å². The number of para-hydroxylation sites is 1. The summed E-state index contributed by atoms with van der Waals surface area (Å²) in [5, 5.41) is 9.52. The first kappa shape index (κ1) is 22.1. The normalized spacial score (nSPS) is 11.7. The molecule has 0 aromatic heterocycles. The van der Waals surface area contributed by atoms with Gasteiger partial charge in [0.1, 0.15) is 5.75 Å². The Hall–Kier alpha value is -2.63. The number of carboxylic acids is 1. The topological polar surface area (TPSA) is 55.8 Å². The van der Waals surface area contributed by atoms with Crippen LogP contribution in [0.2, 0.25) is 5.02 Å². The second-order valence-corrected chi connectivity index (χ2v) is 8.39. The summed E-state index contributed by atoms with van der Waals surface area (Å²) < 4.78 is 12.1. The molecule has 0 aliphatic carbocycles. The summed E-state index contributed by atoms with van der Waals surface area (Å²) in [5.74, 6) is 1.96. The van der Waals surface area contributed by atoms with Crippen molar-refractivity contribution >= 4 is 29.3 Å². The van der Waals surface area contributed by atoms with Crippen molar-refractivity contribution in [2.75, 3.05) is 5.75 Å². The number of rotatable bonds is 10. The lowest BCUT2D eigenvalue weighted by molar-refractivity contribution is -0.136. The standard InChI is InChI=1S/C24H23ClO4S/c1-17(12-13-30-21-9-5-6-18(14-21)15-24(26)27)28-22-11-10-19(25)16-23(22)29-20-7-3-2-4-8-20/h2-11,14,16-17H,12-13,15H2,1H3,(H,26,27). The van der Waals surface area contributed by atoms with E-state index in [-0.39, 0.29) is 12.5 Å². The predicted octanol–water partition coefficient (Wildman–Crippen LogP) is 6.71. The fraction of sp³-hybridized carbons (Fsp3) is 0.208. The fourth-order valence-corrected chi connectivity index (χ4v) is 4.07. The summed E-state index contributed by atoms with van der Waals surface area (Å²) in [6.45, 7) is 2.02. The van der Waals surface area contributed by atoms with Crippen LogP contribution in [0.3, 0.4) is 0 Å². The number of hydrogen-bond acceptors (Lipinski definition) is 4. The van der Waals surface area contributed by atoms with E-state index in [4.69, 9.17) is 26.2 Å². The largest absolute Gasteiger partial charge is 0.487 e. The Morgan fingerprint density at radius 3 is 2.60 bits per heavy atom. The number of hydrogen-bond donors (Lipinski definition) is 1. The molecule has 3 aromatic carbocycles. The zero-order valence-electron chi connectivity index (χ0n) is 16.6. The van der Waals surface area contributed by atoms with Crippen LogP contribution < -0.4 is 9.47 Å². The predicted molar refractivity (Wildman–Crippen MR) is 121 cm³/mol. The maximum absolute atomic E-state index is 10.9. The molecule has 3 aromatic rings. The van der Waals surface area contributed by atoms with Gasteiger partial charge in [-0.15, -0.1) is 11.8 Å². The Labute approximate surface area is 185 Å². The molecule has 0 saturated carbocycles. The zero-order chi connectivity index (χ0) is 21.3. The number of benzene rings is 3. The SMILES string of the molecule is CC(CCSc1cccc(CC(=O)O)c1)Oc1ccc(Cl)cc1Oc1ccccc1. The number of ether oxygens (including phenoxy) is 2. The lowest BCUT2D eigenvalue weighted by Crippen LogP contribution is -2.13. The Balaban J connectivity index is 1.56. The third kappa shape index (κ3) is 7.01. The second kappa shape index (κ2) is 11.0. The van der Waals surface area contributed by atoms with Gasteiger partial charge in [-0.25, -0.2) is 0 Å². The van der Waals surface area contributed by atoms with Gasteiger partial charge in [0.2, 0.25) is 0 Å². The number of thioether (sulfide) groups is 1. The van der Waals surface area contributed by atoms with Crippen LogP contribution in [0.5, 0.6) is 17.2 Å². The van der Waals surface area contributed by atoms with Gasteiger partial charge in [0.25, 0.3) is 0 Å². The molecular weight excluding hydrogens is 420 g/mol. The van der Waals surface area contributed by atoms with Gasteiger partial charge in [0.15, 0.2) is 11.5 Å². The van der Waals surface area contributed by atoms with Gasteiger partial charge >= 0.3 is 5.97 Å². The summed E-state index contributed by atoms with van der Waals surface area (Å²) in [6, 6.07) is 22.5. The van der Waals surface area contributed by atoms with E-state index in [1.54, 1.807) is 23.9 Å². The van der Waals surface area contributed by atoms with E-state index in [2.05, 4.69) is 0 Å². The van der Waals surface area contributed by atoms with Gasteiger partial charge in [-0.1, -0.05) is 41.9 Å². The van der Waals surface area contributed by atoms with E-state index >= 15 is 0 Å². The van der Waals surface area contributed by atoms with Crippen LogP contribution in [-0.4, -0.2) is 22.9 Å². The quantitative estimate of drug-likeness (QED) is 0.353. The van der Waals surface area contributed by atoms with Crippen LogP contribution in [0, 0.1) is 0 Å². The molecule has 0 saturated heterocycles. The Kier molecular flexibility index (Phi) is 8.05. The monoisotopic (exact) mass is 442 g/mol. The van der Waals surface area contributed by atoms with Crippen molar-refractivity contribution in [3.63, 3.8) is 0 Å². The summed E-state index contributed by atoms with van der Waals surface area (Å²) in [5.41, 5.74) is 0.806. The second-order valence-electron chi connectivity index (χ2n) is 6.79. The molecule has 1 unspecified atom stereocenters. The first-order chi connectivity index (χ1) is 14.5. The molecule has 0 aliphatic rings. The smallest absolute Gasteiger partial charge is 0.307 e. The number of halogens is 1. The van der Waals surface area contributed by atoms with Crippen molar-refractivity contribution < 1.29 is 19.4 Å². The fourth-order valence-electron chi connectivity index (χ4n) is 2.81. The molecular formula is C24H23ClO4S. The molecule has 6 heteroatoms. The van der Waals surface area contributed by atoms with Crippen LogP contribution in [0.1, 0.15) is 18.9 Å². The van der Waals surface area contributed by atoms with E-state index in [9.17, 15) is 4.79 Å². The van der Waals surface area contributed by atoms with Gasteiger partial charge in [-0.05, 0) is 55.3 Å². The van der Waals surface area contributed by atoms with Crippen LogP contribution in [0.4, 0.5) is 0 Å². The minimum Gasteiger partial charge on any atom is -0.487 e. The minimum absolute atomic E-state index is 0.0287. The van der Waals surface area contributed by atoms with Crippen LogP contribution >= 0.6 is 23.4 Å². The third-order valence-electron chi connectivity index (χ3n) is 4.25. The summed E-state index contributed by atoms with van der Waals surface area (Å²) in [6.07, 6.45) is 0.828. The van der Waals surface area contributed by atoms with Crippen molar-refractivity contribution in [3.8, 4) is 17.2 Å².